The van der Waals surface area contributed by atoms with Crippen molar-refractivity contribution in [1.82, 2.24) is 23.9 Å². The van der Waals surface area contributed by atoms with E-state index in [0.29, 0.717) is 0 Å². The summed E-state index contributed by atoms with van der Waals surface area (Å²) in [4.78, 5) is 13.5. The van der Waals surface area contributed by atoms with Crippen molar-refractivity contribution >= 4 is 32.3 Å². The number of thiazole rings is 1. The number of nitrogens with one attached hydrogen (secondary N) is 1. The van der Waals surface area contributed by atoms with Gasteiger partial charge in [0.15, 0.2) is 5.13 Å². The number of rotatable bonds is 5. The first-order valence-corrected chi connectivity index (χ1v) is 11.8. The van der Waals surface area contributed by atoms with Gasteiger partial charge in [-0.3, -0.25) is 0 Å². The summed E-state index contributed by atoms with van der Waals surface area (Å²) >= 11 is 1.66. The van der Waals surface area contributed by atoms with Crippen molar-refractivity contribution in [2.45, 2.75) is 44.2 Å². The molecule has 1 aliphatic rings. The summed E-state index contributed by atoms with van der Waals surface area (Å²) in [5.41, 5.74) is 5.33. The Balaban J connectivity index is 1.23. The number of benzene rings is 1. The van der Waals surface area contributed by atoms with E-state index in [2.05, 4.69) is 56.2 Å². The maximum atomic E-state index is 10.3. The van der Waals surface area contributed by atoms with Crippen LogP contribution in [0.25, 0.3) is 21.6 Å². The molecular weight excluding hydrogens is 420 g/mol. The number of hydrogen-bond donors (Lipinski definition) is 2. The lowest BCUT2D eigenvalue weighted by atomic mass is 9.93. The minimum absolute atomic E-state index is 0.106. The fourth-order valence-corrected chi connectivity index (χ4v) is 5.50. The number of anilines is 1. The van der Waals surface area contributed by atoms with E-state index in [4.69, 9.17) is 4.98 Å². The highest BCUT2D eigenvalue weighted by Crippen LogP contribution is 2.30. The lowest BCUT2D eigenvalue weighted by Crippen LogP contribution is -2.36. The first-order chi connectivity index (χ1) is 15.7. The Hall–Kier alpha value is -3.23. The highest BCUT2D eigenvalue weighted by atomic mass is 32.1. The maximum absolute atomic E-state index is 10.3. The number of imidazole rings is 2. The van der Waals surface area contributed by atoms with Crippen LogP contribution >= 0.6 is 11.3 Å². The van der Waals surface area contributed by atoms with E-state index < -0.39 is 0 Å². The second kappa shape index (κ2) is 8.03. The van der Waals surface area contributed by atoms with Gasteiger partial charge in [-0.1, -0.05) is 30.2 Å². The molecule has 1 aliphatic carbocycles. The molecule has 1 aromatic carbocycles. The van der Waals surface area contributed by atoms with Crippen LogP contribution in [0.15, 0.2) is 61.4 Å². The van der Waals surface area contributed by atoms with Gasteiger partial charge in [-0.2, -0.15) is 0 Å². The summed E-state index contributed by atoms with van der Waals surface area (Å²) in [7, 11) is 0. The van der Waals surface area contributed by atoms with Crippen molar-refractivity contribution in [2.75, 3.05) is 5.32 Å². The Morgan fingerprint density at radius 3 is 2.94 bits per heavy atom. The monoisotopic (exact) mass is 444 g/mol. The van der Waals surface area contributed by atoms with Crippen LogP contribution in [0, 0.1) is 0 Å². The van der Waals surface area contributed by atoms with Crippen LogP contribution in [0.4, 0.5) is 5.13 Å². The van der Waals surface area contributed by atoms with Crippen molar-refractivity contribution in [1.29, 1.82) is 0 Å². The molecule has 2 N–H and O–H groups in total. The van der Waals surface area contributed by atoms with Crippen molar-refractivity contribution < 1.29 is 5.11 Å². The number of fused-ring (bicyclic) bond motifs is 2. The first-order valence-electron chi connectivity index (χ1n) is 11.0. The Morgan fingerprint density at radius 1 is 1.12 bits per heavy atom. The van der Waals surface area contributed by atoms with Crippen LogP contribution in [0.3, 0.4) is 0 Å². The van der Waals surface area contributed by atoms with Gasteiger partial charge in [0.05, 0.1) is 34.4 Å². The van der Waals surface area contributed by atoms with Gasteiger partial charge in [-0.05, 0) is 36.6 Å². The fraction of sp³-hybridized carbons (Fsp3) is 0.292. The molecule has 7 nitrogen and oxygen atoms in total. The molecule has 0 spiro atoms. The molecule has 6 rings (SSSR count). The molecule has 0 amide bonds. The van der Waals surface area contributed by atoms with Crippen LogP contribution in [-0.4, -0.2) is 41.2 Å². The summed E-state index contributed by atoms with van der Waals surface area (Å²) in [5, 5.41) is 14.6. The topological polar surface area (TPSA) is 80.3 Å². The van der Waals surface area contributed by atoms with Crippen LogP contribution in [0.2, 0.25) is 0 Å². The Bertz CT molecular complexity index is 1370. The molecule has 4 heterocycles. The zero-order valence-corrected chi connectivity index (χ0v) is 18.4. The molecule has 0 aliphatic heterocycles. The lowest BCUT2D eigenvalue weighted by Gasteiger charge is -2.27. The minimum atomic E-state index is -0.282. The second-order valence-electron chi connectivity index (χ2n) is 8.43. The molecule has 0 unspecified atom stereocenters. The van der Waals surface area contributed by atoms with Crippen molar-refractivity contribution in [3.8, 4) is 5.69 Å². The van der Waals surface area contributed by atoms with E-state index in [9.17, 15) is 5.11 Å². The van der Waals surface area contributed by atoms with E-state index in [1.165, 1.54) is 5.56 Å². The van der Waals surface area contributed by atoms with Crippen molar-refractivity contribution in [3.63, 3.8) is 0 Å². The van der Waals surface area contributed by atoms with Gasteiger partial charge < -0.3 is 19.4 Å². The largest absolute Gasteiger partial charge is 0.391 e. The molecule has 4 aromatic heterocycles. The van der Waals surface area contributed by atoms with E-state index in [1.54, 1.807) is 23.9 Å². The van der Waals surface area contributed by atoms with Crippen LogP contribution in [0.1, 0.15) is 36.9 Å². The van der Waals surface area contributed by atoms with Crippen LogP contribution in [-0.2, 0) is 6.42 Å². The Kier molecular flexibility index (Phi) is 4.88. The third-order valence-corrected chi connectivity index (χ3v) is 7.20. The van der Waals surface area contributed by atoms with Gasteiger partial charge in [-0.15, -0.1) is 0 Å². The summed E-state index contributed by atoms with van der Waals surface area (Å²) in [6.45, 7) is 0. The molecule has 8 heteroatoms. The smallest absolute Gasteiger partial charge is 0.184 e. The highest BCUT2D eigenvalue weighted by molar-refractivity contribution is 7.22. The molecule has 1 fully saturated rings. The number of nitrogens with zero attached hydrogens (tertiary/aromatic N) is 5. The van der Waals surface area contributed by atoms with Crippen molar-refractivity contribution in [2.24, 2.45) is 0 Å². The van der Waals surface area contributed by atoms with Gasteiger partial charge in [0.1, 0.15) is 5.65 Å². The van der Waals surface area contributed by atoms with E-state index in [-0.39, 0.29) is 12.1 Å². The molecule has 2 atom stereocenters. The van der Waals surface area contributed by atoms with Crippen LogP contribution in [0.5, 0.6) is 0 Å². The van der Waals surface area contributed by atoms with Gasteiger partial charge in [0.2, 0.25) is 0 Å². The quantitative estimate of drug-likeness (QED) is 0.419. The highest BCUT2D eigenvalue weighted by Gasteiger charge is 2.23. The summed E-state index contributed by atoms with van der Waals surface area (Å²) in [6.07, 6.45) is 14.2. The summed E-state index contributed by atoms with van der Waals surface area (Å²) < 4.78 is 5.27. The number of hydrogen-bond acceptors (Lipinski definition) is 6. The third-order valence-electron chi connectivity index (χ3n) is 6.25. The van der Waals surface area contributed by atoms with Crippen LogP contribution < -0.4 is 5.32 Å². The average molecular weight is 445 g/mol. The summed E-state index contributed by atoms with van der Waals surface area (Å²) in [6, 6.07) is 10.7. The number of aromatic nitrogens is 5. The molecule has 162 valence electrons. The number of aliphatic hydroxyl groups excluding tert-OH is 1. The SMILES string of the molecule is O[C@@H]1CCCC[C@H]1Nc1nc2ccc(Cc3cnc4cc(-n5ccnc5)ccn34)cc2s1. The second-order valence-corrected chi connectivity index (χ2v) is 9.46. The Morgan fingerprint density at radius 2 is 2.06 bits per heavy atom. The van der Waals surface area contributed by atoms with Gasteiger partial charge in [-0.25, -0.2) is 15.0 Å². The van der Waals surface area contributed by atoms with E-state index in [0.717, 1.165) is 64.5 Å². The maximum Gasteiger partial charge on any atom is 0.184 e. The zero-order chi connectivity index (χ0) is 21.5. The molecular formula is C24H24N6OS. The first kappa shape index (κ1) is 19.5. The Labute approximate surface area is 189 Å². The predicted molar refractivity (Wildman–Crippen MR) is 127 cm³/mol. The van der Waals surface area contributed by atoms with E-state index in [1.807, 2.05) is 17.0 Å². The zero-order valence-electron chi connectivity index (χ0n) is 17.6. The minimum Gasteiger partial charge on any atom is -0.391 e. The fourth-order valence-electron chi connectivity index (χ4n) is 4.51. The molecule has 0 radical (unpaired) electrons. The lowest BCUT2D eigenvalue weighted by molar-refractivity contribution is 0.116. The molecule has 32 heavy (non-hydrogen) atoms. The summed E-state index contributed by atoms with van der Waals surface area (Å²) in [5.74, 6) is 0. The molecule has 1 saturated carbocycles. The standard InChI is InChI=1S/C24H24N6OS/c31-21-4-2-1-3-19(21)27-24-28-20-6-5-16(12-22(20)32-24)11-18-14-26-23-13-17(7-9-30(18)23)29-10-8-25-15-29/h5-10,12-15,19,21,31H,1-4,11H2,(H,27,28)/t19-,21-/m1/s1. The normalized spacial score (nSPS) is 19.0. The predicted octanol–water partition coefficient (Wildman–Crippen LogP) is 4.44. The third kappa shape index (κ3) is 3.65. The molecule has 0 bridgehead atoms. The van der Waals surface area contributed by atoms with Gasteiger partial charge >= 0.3 is 0 Å². The molecule has 0 saturated heterocycles. The van der Waals surface area contributed by atoms with Crippen molar-refractivity contribution in [3.05, 3.63) is 72.7 Å². The molecule has 5 aromatic rings. The number of pyridine rings is 1. The average Bonchev–Trinajstić information content (AvgIpc) is 3.55. The van der Waals surface area contributed by atoms with Gasteiger partial charge in [0.25, 0.3) is 0 Å². The van der Waals surface area contributed by atoms with Gasteiger partial charge in [0, 0.05) is 43.0 Å². The number of aliphatic hydroxyl groups is 1. The van der Waals surface area contributed by atoms with E-state index >= 15 is 0 Å².